The smallest absolute Gasteiger partial charge is 0.247 e. The zero-order chi connectivity index (χ0) is 13.2. The first-order chi connectivity index (χ1) is 9.24. The Labute approximate surface area is 113 Å². The highest BCUT2D eigenvalue weighted by molar-refractivity contribution is 5.94. The lowest BCUT2D eigenvalue weighted by molar-refractivity contribution is -0.118. The minimum Gasteiger partial charge on any atom is -0.342 e. The fraction of sp³-hybridized carbons (Fsp3) is 0.533. The third kappa shape index (κ3) is 2.83. The Kier molecular flexibility index (Phi) is 3.32. The molecule has 2 aliphatic rings. The van der Waals surface area contributed by atoms with Crippen LogP contribution in [0.15, 0.2) is 23.9 Å². The van der Waals surface area contributed by atoms with Crippen molar-refractivity contribution in [2.75, 3.05) is 0 Å². The predicted molar refractivity (Wildman–Crippen MR) is 72.3 cm³/mol. The van der Waals surface area contributed by atoms with E-state index in [1.54, 1.807) is 6.20 Å². The van der Waals surface area contributed by atoms with Crippen molar-refractivity contribution >= 4 is 5.91 Å². The number of amides is 1. The van der Waals surface area contributed by atoms with Crippen LogP contribution in [0, 0.1) is 12.8 Å². The Morgan fingerprint density at radius 2 is 2.32 bits per heavy atom. The van der Waals surface area contributed by atoms with E-state index in [4.69, 9.17) is 0 Å². The Bertz CT molecular complexity index is 520. The average molecular weight is 257 g/mol. The highest BCUT2D eigenvalue weighted by Crippen LogP contribution is 2.40. The number of aromatic nitrogens is 2. The largest absolute Gasteiger partial charge is 0.342 e. The Morgan fingerprint density at radius 3 is 2.95 bits per heavy atom. The lowest BCUT2D eigenvalue weighted by Crippen LogP contribution is -2.32. The summed E-state index contributed by atoms with van der Waals surface area (Å²) in [6, 6.07) is 1.86. The molecular formula is C15H19N3O. The van der Waals surface area contributed by atoms with E-state index in [-0.39, 0.29) is 11.9 Å². The van der Waals surface area contributed by atoms with Crippen LogP contribution in [0.1, 0.15) is 49.7 Å². The number of nitrogens with zero attached hydrogens (tertiary/aromatic N) is 2. The van der Waals surface area contributed by atoms with Crippen LogP contribution >= 0.6 is 0 Å². The summed E-state index contributed by atoms with van der Waals surface area (Å²) in [5, 5.41) is 3.13. The van der Waals surface area contributed by atoms with E-state index >= 15 is 0 Å². The molecule has 0 unspecified atom stereocenters. The van der Waals surface area contributed by atoms with Crippen LogP contribution in [0.5, 0.6) is 0 Å². The fourth-order valence-electron chi connectivity index (χ4n) is 2.55. The molecule has 4 nitrogen and oxygen atoms in total. The molecule has 1 saturated carbocycles. The zero-order valence-corrected chi connectivity index (χ0v) is 11.2. The molecule has 19 heavy (non-hydrogen) atoms. The third-order valence-corrected chi connectivity index (χ3v) is 3.80. The van der Waals surface area contributed by atoms with Gasteiger partial charge in [-0.1, -0.05) is 6.08 Å². The molecule has 1 fully saturated rings. The molecule has 1 amide bonds. The SMILES string of the molecule is Cc1ccnc([C@H](NC(=O)C2=CCCC2)C2CC2)n1. The lowest BCUT2D eigenvalue weighted by atomic mass is 10.1. The molecule has 0 spiro atoms. The van der Waals surface area contributed by atoms with Gasteiger partial charge in [0.2, 0.25) is 5.91 Å². The second-order valence-corrected chi connectivity index (χ2v) is 5.47. The summed E-state index contributed by atoms with van der Waals surface area (Å²) in [5.74, 6) is 1.33. The van der Waals surface area contributed by atoms with Crippen molar-refractivity contribution < 1.29 is 4.79 Å². The summed E-state index contributed by atoms with van der Waals surface area (Å²) < 4.78 is 0. The summed E-state index contributed by atoms with van der Waals surface area (Å²) in [6.07, 6.45) is 9.15. The third-order valence-electron chi connectivity index (χ3n) is 3.80. The van der Waals surface area contributed by atoms with Gasteiger partial charge in [-0.05, 0) is 51.0 Å². The number of nitrogens with one attached hydrogen (secondary N) is 1. The first kappa shape index (κ1) is 12.3. The summed E-state index contributed by atoms with van der Waals surface area (Å²) >= 11 is 0. The molecule has 4 heteroatoms. The van der Waals surface area contributed by atoms with Crippen LogP contribution in [0.25, 0.3) is 0 Å². The predicted octanol–water partition coefficient (Wildman–Crippen LogP) is 2.46. The van der Waals surface area contributed by atoms with Gasteiger partial charge >= 0.3 is 0 Å². The second-order valence-electron chi connectivity index (χ2n) is 5.47. The number of allylic oxidation sites excluding steroid dienone is 1. The fourth-order valence-corrected chi connectivity index (χ4v) is 2.55. The molecule has 0 bridgehead atoms. The van der Waals surface area contributed by atoms with Crippen molar-refractivity contribution in [2.24, 2.45) is 5.92 Å². The molecule has 0 aliphatic heterocycles. The highest BCUT2D eigenvalue weighted by Gasteiger charge is 2.35. The maximum atomic E-state index is 12.2. The molecule has 0 aromatic carbocycles. The molecule has 1 atom stereocenters. The van der Waals surface area contributed by atoms with E-state index < -0.39 is 0 Å². The first-order valence-electron chi connectivity index (χ1n) is 7.03. The number of carbonyl (C=O) groups excluding carboxylic acids is 1. The van der Waals surface area contributed by atoms with Gasteiger partial charge in [0.1, 0.15) is 0 Å². The standard InChI is InChI=1S/C15H19N3O/c1-10-8-9-16-14(17-10)13(11-6-7-11)18-15(19)12-4-2-3-5-12/h4,8-9,11,13H,2-3,5-7H2,1H3,(H,18,19)/t13-/m1/s1. The van der Waals surface area contributed by atoms with E-state index in [0.717, 1.165) is 49.2 Å². The van der Waals surface area contributed by atoms with Crippen molar-refractivity contribution in [3.63, 3.8) is 0 Å². The number of rotatable bonds is 4. The van der Waals surface area contributed by atoms with Crippen molar-refractivity contribution in [1.29, 1.82) is 0 Å². The van der Waals surface area contributed by atoms with E-state index in [1.165, 1.54) is 0 Å². The van der Waals surface area contributed by atoms with Crippen molar-refractivity contribution in [3.8, 4) is 0 Å². The van der Waals surface area contributed by atoms with Crippen LogP contribution in [-0.2, 0) is 4.79 Å². The van der Waals surface area contributed by atoms with Gasteiger partial charge in [0.15, 0.2) is 5.82 Å². The number of hydrogen-bond donors (Lipinski definition) is 1. The van der Waals surface area contributed by atoms with Gasteiger partial charge in [0.25, 0.3) is 0 Å². The van der Waals surface area contributed by atoms with Gasteiger partial charge in [-0.3, -0.25) is 4.79 Å². The van der Waals surface area contributed by atoms with E-state index in [9.17, 15) is 4.79 Å². The minimum absolute atomic E-state index is 0.0195. The van der Waals surface area contributed by atoms with Crippen LogP contribution in [0.3, 0.4) is 0 Å². The highest BCUT2D eigenvalue weighted by atomic mass is 16.1. The number of aryl methyl sites for hydroxylation is 1. The lowest BCUT2D eigenvalue weighted by Gasteiger charge is -2.17. The molecule has 0 radical (unpaired) electrons. The number of hydrogen-bond acceptors (Lipinski definition) is 3. The molecule has 3 rings (SSSR count). The summed E-state index contributed by atoms with van der Waals surface area (Å²) in [4.78, 5) is 21.0. The molecule has 1 heterocycles. The van der Waals surface area contributed by atoms with Crippen LogP contribution in [0.2, 0.25) is 0 Å². The van der Waals surface area contributed by atoms with Gasteiger partial charge in [-0.15, -0.1) is 0 Å². The molecule has 1 N–H and O–H groups in total. The molecule has 1 aromatic heterocycles. The molecular weight excluding hydrogens is 238 g/mol. The van der Waals surface area contributed by atoms with Gasteiger partial charge in [-0.25, -0.2) is 9.97 Å². The summed E-state index contributed by atoms with van der Waals surface area (Å²) in [7, 11) is 0. The van der Waals surface area contributed by atoms with E-state index in [0.29, 0.717) is 5.92 Å². The van der Waals surface area contributed by atoms with Crippen LogP contribution in [0.4, 0.5) is 0 Å². The van der Waals surface area contributed by atoms with Gasteiger partial charge in [-0.2, -0.15) is 0 Å². The summed E-state index contributed by atoms with van der Waals surface area (Å²) in [6.45, 7) is 1.95. The minimum atomic E-state index is -0.0195. The van der Waals surface area contributed by atoms with E-state index in [2.05, 4.69) is 21.4 Å². The molecule has 2 aliphatic carbocycles. The average Bonchev–Trinajstić information content (AvgIpc) is 3.09. The first-order valence-corrected chi connectivity index (χ1v) is 7.03. The topological polar surface area (TPSA) is 54.9 Å². The normalized spacial score (nSPS) is 19.9. The van der Waals surface area contributed by atoms with Crippen molar-refractivity contribution in [1.82, 2.24) is 15.3 Å². The van der Waals surface area contributed by atoms with Gasteiger partial charge in [0.05, 0.1) is 6.04 Å². The molecule has 0 saturated heterocycles. The van der Waals surface area contributed by atoms with Crippen molar-refractivity contribution in [3.05, 3.63) is 35.4 Å². The van der Waals surface area contributed by atoms with Gasteiger partial charge < -0.3 is 5.32 Å². The Hall–Kier alpha value is -1.71. The van der Waals surface area contributed by atoms with Crippen LogP contribution in [-0.4, -0.2) is 15.9 Å². The summed E-state index contributed by atoms with van der Waals surface area (Å²) in [5.41, 5.74) is 1.88. The molecule has 100 valence electrons. The Balaban J connectivity index is 1.76. The molecule has 1 aromatic rings. The van der Waals surface area contributed by atoms with E-state index in [1.807, 2.05) is 13.0 Å². The quantitative estimate of drug-likeness (QED) is 0.901. The second kappa shape index (κ2) is 5.11. The van der Waals surface area contributed by atoms with Crippen LogP contribution < -0.4 is 5.32 Å². The monoisotopic (exact) mass is 257 g/mol. The Morgan fingerprint density at radius 1 is 1.47 bits per heavy atom. The maximum Gasteiger partial charge on any atom is 0.247 e. The van der Waals surface area contributed by atoms with Crippen molar-refractivity contribution in [2.45, 2.75) is 45.1 Å². The number of carbonyl (C=O) groups is 1. The van der Waals surface area contributed by atoms with Gasteiger partial charge in [0, 0.05) is 17.5 Å². The zero-order valence-electron chi connectivity index (χ0n) is 11.2. The maximum absolute atomic E-state index is 12.2.